The van der Waals surface area contributed by atoms with Gasteiger partial charge in [0.25, 0.3) is 0 Å². The number of rotatable bonds is 6. The Morgan fingerprint density at radius 1 is 1.46 bits per heavy atom. The highest BCUT2D eigenvalue weighted by Crippen LogP contribution is 2.18. The van der Waals surface area contributed by atoms with Crippen LogP contribution in [0.25, 0.3) is 0 Å². The first-order chi connectivity index (χ1) is 11.8. The smallest absolute Gasteiger partial charge is 0.324 e. The molecule has 0 spiro atoms. The summed E-state index contributed by atoms with van der Waals surface area (Å²) in [5.41, 5.74) is 2.22. The minimum Gasteiger partial charge on any atom is -0.354 e. The van der Waals surface area contributed by atoms with Crippen LogP contribution in [0.5, 0.6) is 0 Å². The molecule has 0 aliphatic carbocycles. The number of carbonyl (C=O) groups is 2. The second-order valence-corrected chi connectivity index (χ2v) is 6.40. The molecule has 9 nitrogen and oxygen atoms in total. The molecular formula is C16H28IN7O2. The number of nitrogens with zero attached hydrogens (tertiary/aromatic N) is 5. The standard InChI is InChI=1S/C16H27N7O2.HI/c1-11(2)14-12(10-22(5)20-14)9-21(4)15(17-3)18-6-7-23-13(24)8-19-16(23)25;/h10-11H,6-9H2,1-5H3,(H,17,18)(H,19,25);1H. The lowest BCUT2D eigenvalue weighted by molar-refractivity contribution is -0.124. The van der Waals surface area contributed by atoms with Gasteiger partial charge in [0.05, 0.1) is 12.2 Å². The van der Waals surface area contributed by atoms with Gasteiger partial charge in [-0.15, -0.1) is 24.0 Å². The summed E-state index contributed by atoms with van der Waals surface area (Å²) in [5.74, 6) is 0.844. The van der Waals surface area contributed by atoms with E-state index < -0.39 is 0 Å². The van der Waals surface area contributed by atoms with Gasteiger partial charge in [0, 0.05) is 52.5 Å². The van der Waals surface area contributed by atoms with Crippen LogP contribution in [0.15, 0.2) is 11.2 Å². The second kappa shape index (κ2) is 9.74. The first kappa shape index (κ1) is 22.2. The summed E-state index contributed by atoms with van der Waals surface area (Å²) in [4.78, 5) is 30.6. The Hall–Kier alpha value is -1.85. The summed E-state index contributed by atoms with van der Waals surface area (Å²) in [6.07, 6.45) is 2.02. The van der Waals surface area contributed by atoms with Gasteiger partial charge in [-0.05, 0) is 5.92 Å². The van der Waals surface area contributed by atoms with Crippen molar-refractivity contribution in [3.8, 4) is 0 Å². The zero-order chi connectivity index (χ0) is 18.6. The van der Waals surface area contributed by atoms with Crippen molar-refractivity contribution in [3.05, 3.63) is 17.5 Å². The third-order valence-electron chi connectivity index (χ3n) is 4.02. The molecule has 1 saturated heterocycles. The first-order valence-corrected chi connectivity index (χ1v) is 8.35. The van der Waals surface area contributed by atoms with E-state index in [1.807, 2.05) is 29.9 Å². The van der Waals surface area contributed by atoms with Crippen molar-refractivity contribution in [2.75, 3.05) is 33.7 Å². The van der Waals surface area contributed by atoms with Crippen molar-refractivity contribution >= 4 is 41.9 Å². The Morgan fingerprint density at radius 3 is 2.69 bits per heavy atom. The Morgan fingerprint density at radius 2 is 2.15 bits per heavy atom. The monoisotopic (exact) mass is 477 g/mol. The van der Waals surface area contributed by atoms with E-state index in [9.17, 15) is 9.59 Å². The first-order valence-electron chi connectivity index (χ1n) is 8.35. The normalized spacial score (nSPS) is 14.5. The SMILES string of the molecule is CN=C(NCCN1C(=O)CNC1=O)N(C)Cc1cn(C)nc1C(C)C.I. The summed E-state index contributed by atoms with van der Waals surface area (Å²) >= 11 is 0. The minimum absolute atomic E-state index is 0. The third kappa shape index (κ3) is 5.32. The van der Waals surface area contributed by atoms with Crippen LogP contribution in [0.4, 0.5) is 4.79 Å². The number of amides is 3. The molecule has 0 saturated carbocycles. The summed E-state index contributed by atoms with van der Waals surface area (Å²) < 4.78 is 1.83. The average molecular weight is 477 g/mol. The van der Waals surface area contributed by atoms with Gasteiger partial charge in [-0.3, -0.25) is 19.4 Å². The molecule has 3 amide bonds. The number of aromatic nitrogens is 2. The number of aliphatic imine (C=N–C) groups is 1. The number of imide groups is 1. The fourth-order valence-corrected chi connectivity index (χ4v) is 2.84. The number of carbonyl (C=O) groups excluding carboxylic acids is 2. The van der Waals surface area contributed by atoms with Gasteiger partial charge in [-0.25, -0.2) is 4.79 Å². The Bertz CT molecular complexity index is 656. The van der Waals surface area contributed by atoms with Crippen molar-refractivity contribution in [1.82, 2.24) is 30.2 Å². The lowest BCUT2D eigenvalue weighted by atomic mass is 10.1. The molecule has 2 N–H and O–H groups in total. The summed E-state index contributed by atoms with van der Waals surface area (Å²) in [5, 5.41) is 10.2. The molecule has 0 unspecified atom stereocenters. The van der Waals surface area contributed by atoms with Gasteiger partial charge < -0.3 is 15.5 Å². The molecule has 0 atom stereocenters. The van der Waals surface area contributed by atoms with Crippen LogP contribution < -0.4 is 10.6 Å². The van der Waals surface area contributed by atoms with Gasteiger partial charge in [0.1, 0.15) is 0 Å². The van der Waals surface area contributed by atoms with Gasteiger partial charge >= 0.3 is 6.03 Å². The van der Waals surface area contributed by atoms with E-state index in [1.54, 1.807) is 7.05 Å². The van der Waals surface area contributed by atoms with E-state index in [0.29, 0.717) is 31.5 Å². The average Bonchev–Trinajstić information content (AvgIpc) is 3.07. The van der Waals surface area contributed by atoms with E-state index in [2.05, 4.69) is 34.6 Å². The number of urea groups is 1. The van der Waals surface area contributed by atoms with Crippen molar-refractivity contribution in [3.63, 3.8) is 0 Å². The molecule has 0 radical (unpaired) electrons. The van der Waals surface area contributed by atoms with E-state index in [1.165, 1.54) is 4.90 Å². The van der Waals surface area contributed by atoms with Crippen molar-refractivity contribution in [2.45, 2.75) is 26.3 Å². The highest BCUT2D eigenvalue weighted by atomic mass is 127. The molecule has 2 heterocycles. The van der Waals surface area contributed by atoms with Gasteiger partial charge in [0.15, 0.2) is 5.96 Å². The predicted molar refractivity (Wildman–Crippen MR) is 111 cm³/mol. The number of hydrogen-bond acceptors (Lipinski definition) is 4. The molecule has 1 aliphatic heterocycles. The summed E-state index contributed by atoms with van der Waals surface area (Å²) in [6, 6.07) is -0.341. The lowest BCUT2D eigenvalue weighted by Gasteiger charge is -2.23. The van der Waals surface area contributed by atoms with Crippen LogP contribution in [0.1, 0.15) is 31.0 Å². The van der Waals surface area contributed by atoms with E-state index in [4.69, 9.17) is 0 Å². The van der Waals surface area contributed by atoms with Crippen LogP contribution >= 0.6 is 24.0 Å². The molecule has 1 aromatic heterocycles. The van der Waals surface area contributed by atoms with Gasteiger partial charge in [0.2, 0.25) is 5.91 Å². The molecule has 0 bridgehead atoms. The van der Waals surface area contributed by atoms with Crippen LogP contribution in [0.3, 0.4) is 0 Å². The van der Waals surface area contributed by atoms with E-state index in [-0.39, 0.29) is 42.5 Å². The molecule has 1 aliphatic rings. The largest absolute Gasteiger partial charge is 0.354 e. The highest BCUT2D eigenvalue weighted by molar-refractivity contribution is 14.0. The molecule has 1 aromatic rings. The molecule has 1 fully saturated rings. The lowest BCUT2D eigenvalue weighted by Crippen LogP contribution is -2.43. The predicted octanol–water partition coefficient (Wildman–Crippen LogP) is 0.720. The van der Waals surface area contributed by atoms with Crippen LogP contribution in [-0.2, 0) is 18.4 Å². The Labute approximate surface area is 171 Å². The number of hydrogen-bond donors (Lipinski definition) is 2. The Kier molecular flexibility index (Phi) is 8.31. The summed E-state index contributed by atoms with van der Waals surface area (Å²) in [7, 11) is 5.57. The summed E-state index contributed by atoms with van der Waals surface area (Å²) in [6.45, 7) is 5.74. The number of halogens is 1. The zero-order valence-corrected chi connectivity index (χ0v) is 18.3. The van der Waals surface area contributed by atoms with Crippen LogP contribution in [0.2, 0.25) is 0 Å². The zero-order valence-electron chi connectivity index (χ0n) is 15.9. The fraction of sp³-hybridized carbons (Fsp3) is 0.625. The van der Waals surface area contributed by atoms with Crippen molar-refractivity contribution in [2.24, 2.45) is 12.0 Å². The topological polar surface area (TPSA) is 94.9 Å². The molecule has 26 heavy (non-hydrogen) atoms. The van der Waals surface area contributed by atoms with E-state index in [0.717, 1.165) is 11.3 Å². The Balaban J connectivity index is 0.00000338. The quantitative estimate of drug-likeness (QED) is 0.273. The minimum atomic E-state index is -0.341. The number of guanidine groups is 1. The highest BCUT2D eigenvalue weighted by Gasteiger charge is 2.27. The van der Waals surface area contributed by atoms with Gasteiger partial charge in [-0.2, -0.15) is 5.10 Å². The second-order valence-electron chi connectivity index (χ2n) is 6.40. The van der Waals surface area contributed by atoms with Crippen LogP contribution in [0, 0.1) is 0 Å². The molecule has 10 heteroatoms. The van der Waals surface area contributed by atoms with Crippen molar-refractivity contribution in [1.29, 1.82) is 0 Å². The maximum absolute atomic E-state index is 11.6. The van der Waals surface area contributed by atoms with E-state index >= 15 is 0 Å². The maximum atomic E-state index is 11.6. The number of nitrogens with one attached hydrogen (secondary N) is 2. The third-order valence-corrected chi connectivity index (χ3v) is 4.02. The molecule has 146 valence electrons. The van der Waals surface area contributed by atoms with Crippen molar-refractivity contribution < 1.29 is 9.59 Å². The molecule has 2 rings (SSSR count). The maximum Gasteiger partial charge on any atom is 0.324 e. The fourth-order valence-electron chi connectivity index (χ4n) is 2.84. The molecule has 0 aromatic carbocycles. The molecular weight excluding hydrogens is 449 g/mol. The number of aryl methyl sites for hydroxylation is 1. The van der Waals surface area contributed by atoms with Crippen LogP contribution in [-0.4, -0.2) is 71.2 Å². The van der Waals surface area contributed by atoms with Gasteiger partial charge in [-0.1, -0.05) is 13.8 Å².